The Kier molecular flexibility index (Phi) is 3.74. The van der Waals surface area contributed by atoms with Gasteiger partial charge in [0, 0.05) is 43.1 Å². The van der Waals surface area contributed by atoms with E-state index in [0.29, 0.717) is 0 Å². The van der Waals surface area contributed by atoms with Gasteiger partial charge in [-0.3, -0.25) is 0 Å². The highest BCUT2D eigenvalue weighted by molar-refractivity contribution is 7.11. The zero-order chi connectivity index (χ0) is 11.4. The Balaban J connectivity index is 1.79. The summed E-state index contributed by atoms with van der Waals surface area (Å²) < 4.78 is 2.19. The molecule has 0 fully saturated rings. The Morgan fingerprint density at radius 1 is 1.44 bits per heavy atom. The lowest BCUT2D eigenvalue weighted by Crippen LogP contribution is -2.11. The highest BCUT2D eigenvalue weighted by Gasteiger charge is 1.99. The summed E-state index contributed by atoms with van der Waals surface area (Å²) in [6.45, 7) is 7.05. The molecule has 86 valence electrons. The zero-order valence-corrected chi connectivity index (χ0v) is 10.5. The molecule has 0 unspecified atom stereocenters. The van der Waals surface area contributed by atoms with Crippen LogP contribution in [-0.4, -0.2) is 9.55 Å². The van der Waals surface area contributed by atoms with Gasteiger partial charge in [0.25, 0.3) is 0 Å². The van der Waals surface area contributed by atoms with Crippen molar-refractivity contribution in [1.82, 2.24) is 14.9 Å². The fraction of sp³-hybridized carbons (Fsp3) is 0.417. The van der Waals surface area contributed by atoms with E-state index in [1.165, 1.54) is 10.4 Å². The predicted molar refractivity (Wildman–Crippen MR) is 67.5 cm³/mol. The van der Waals surface area contributed by atoms with Gasteiger partial charge in [-0.15, -0.1) is 11.3 Å². The van der Waals surface area contributed by atoms with Crippen LogP contribution in [0, 0.1) is 6.92 Å². The summed E-state index contributed by atoms with van der Waals surface area (Å²) >= 11 is 1.75. The van der Waals surface area contributed by atoms with Gasteiger partial charge in [-0.05, 0) is 25.5 Å². The van der Waals surface area contributed by atoms with Crippen molar-refractivity contribution in [3.8, 4) is 0 Å². The number of hydrogen-bond acceptors (Lipinski definition) is 3. The van der Waals surface area contributed by atoms with Gasteiger partial charge in [0.1, 0.15) is 0 Å². The van der Waals surface area contributed by atoms with Gasteiger partial charge in [-0.25, -0.2) is 4.98 Å². The molecule has 0 spiro atoms. The Morgan fingerprint density at radius 3 is 2.94 bits per heavy atom. The first-order valence-electron chi connectivity index (χ1n) is 5.54. The van der Waals surface area contributed by atoms with Crippen molar-refractivity contribution >= 4 is 11.3 Å². The van der Waals surface area contributed by atoms with Crippen LogP contribution in [0.15, 0.2) is 24.7 Å². The summed E-state index contributed by atoms with van der Waals surface area (Å²) in [5, 5.41) is 4.56. The first kappa shape index (κ1) is 11.4. The average Bonchev–Trinajstić information content (AvgIpc) is 2.88. The lowest BCUT2D eigenvalue weighted by atomic mass is 10.3. The quantitative estimate of drug-likeness (QED) is 0.863. The minimum atomic E-state index is 0.906. The lowest BCUT2D eigenvalue weighted by molar-refractivity contribution is 0.694. The van der Waals surface area contributed by atoms with E-state index >= 15 is 0 Å². The van der Waals surface area contributed by atoms with E-state index in [-0.39, 0.29) is 0 Å². The van der Waals surface area contributed by atoms with Crippen LogP contribution in [-0.2, 0) is 19.6 Å². The van der Waals surface area contributed by atoms with E-state index in [4.69, 9.17) is 0 Å². The number of rotatable bonds is 5. The smallest absolute Gasteiger partial charge is 0.0897 e. The Morgan fingerprint density at radius 2 is 2.31 bits per heavy atom. The number of nitrogens with zero attached hydrogens (tertiary/aromatic N) is 2. The molecule has 2 aromatic heterocycles. The topological polar surface area (TPSA) is 29.9 Å². The summed E-state index contributed by atoms with van der Waals surface area (Å²) in [5.74, 6) is 0. The number of aryl methyl sites for hydroxylation is 2. The fourth-order valence-corrected chi connectivity index (χ4v) is 2.37. The number of aromatic nitrogens is 2. The van der Waals surface area contributed by atoms with Crippen LogP contribution in [0.1, 0.15) is 22.4 Å². The van der Waals surface area contributed by atoms with Crippen molar-refractivity contribution < 1.29 is 0 Å². The second kappa shape index (κ2) is 5.27. The SMILES string of the molecule is CCn1ccc(CNCc2cnc(C)s2)c1. The third-order valence-corrected chi connectivity index (χ3v) is 3.39. The summed E-state index contributed by atoms with van der Waals surface area (Å²) in [6.07, 6.45) is 6.25. The molecule has 1 N–H and O–H groups in total. The molecule has 0 bridgehead atoms. The van der Waals surface area contributed by atoms with Crippen LogP contribution in [0.4, 0.5) is 0 Å². The fourth-order valence-electron chi connectivity index (χ4n) is 1.61. The molecule has 0 aliphatic carbocycles. The Labute approximate surface area is 100 Å². The summed E-state index contributed by atoms with van der Waals surface area (Å²) in [4.78, 5) is 5.53. The van der Waals surface area contributed by atoms with Crippen molar-refractivity contribution in [3.63, 3.8) is 0 Å². The number of nitrogens with one attached hydrogen (secondary N) is 1. The van der Waals surface area contributed by atoms with Gasteiger partial charge in [-0.1, -0.05) is 0 Å². The van der Waals surface area contributed by atoms with E-state index < -0.39 is 0 Å². The van der Waals surface area contributed by atoms with Crippen LogP contribution in [0.3, 0.4) is 0 Å². The van der Waals surface area contributed by atoms with Crippen molar-refractivity contribution in [2.45, 2.75) is 33.5 Å². The van der Waals surface area contributed by atoms with Crippen molar-refractivity contribution in [2.24, 2.45) is 0 Å². The number of thiazole rings is 1. The van der Waals surface area contributed by atoms with Gasteiger partial charge in [-0.2, -0.15) is 0 Å². The van der Waals surface area contributed by atoms with Crippen molar-refractivity contribution in [1.29, 1.82) is 0 Å². The molecule has 2 heterocycles. The standard InChI is InChI=1S/C12H17N3S/c1-3-15-5-4-11(9-15)6-13-7-12-8-14-10(2)16-12/h4-5,8-9,13H,3,6-7H2,1-2H3. The predicted octanol–water partition coefficient (Wildman–Crippen LogP) is 2.56. The van der Waals surface area contributed by atoms with E-state index in [1.54, 1.807) is 11.3 Å². The van der Waals surface area contributed by atoms with E-state index in [0.717, 1.165) is 24.6 Å². The highest BCUT2D eigenvalue weighted by Crippen LogP contribution is 2.11. The molecule has 0 radical (unpaired) electrons. The first-order valence-corrected chi connectivity index (χ1v) is 6.36. The third-order valence-electron chi connectivity index (χ3n) is 2.47. The molecule has 3 nitrogen and oxygen atoms in total. The van der Waals surface area contributed by atoms with E-state index in [9.17, 15) is 0 Å². The van der Waals surface area contributed by atoms with Crippen molar-refractivity contribution in [2.75, 3.05) is 0 Å². The molecule has 0 amide bonds. The maximum absolute atomic E-state index is 4.23. The summed E-state index contributed by atoms with van der Waals surface area (Å²) in [6, 6.07) is 2.16. The maximum Gasteiger partial charge on any atom is 0.0897 e. The van der Waals surface area contributed by atoms with E-state index in [1.807, 2.05) is 13.1 Å². The second-order valence-corrected chi connectivity index (χ2v) is 5.12. The summed E-state index contributed by atoms with van der Waals surface area (Å²) in [7, 11) is 0. The zero-order valence-electron chi connectivity index (χ0n) is 9.73. The first-order chi connectivity index (χ1) is 7.78. The largest absolute Gasteiger partial charge is 0.354 e. The molecule has 0 saturated heterocycles. The Hall–Kier alpha value is -1.13. The normalized spacial score (nSPS) is 10.9. The van der Waals surface area contributed by atoms with Crippen molar-refractivity contribution in [3.05, 3.63) is 40.1 Å². The van der Waals surface area contributed by atoms with Gasteiger partial charge < -0.3 is 9.88 Å². The lowest BCUT2D eigenvalue weighted by Gasteiger charge is -2.00. The molecule has 0 saturated carbocycles. The monoisotopic (exact) mass is 235 g/mol. The molecule has 16 heavy (non-hydrogen) atoms. The number of hydrogen-bond donors (Lipinski definition) is 1. The average molecular weight is 235 g/mol. The van der Waals surface area contributed by atoms with Crippen LogP contribution < -0.4 is 5.32 Å². The van der Waals surface area contributed by atoms with Crippen LogP contribution in [0.5, 0.6) is 0 Å². The van der Waals surface area contributed by atoms with E-state index in [2.05, 4.69) is 40.3 Å². The molecule has 0 aromatic carbocycles. The molecule has 0 aliphatic heterocycles. The third kappa shape index (κ3) is 2.93. The molecule has 4 heteroatoms. The van der Waals surface area contributed by atoms with Gasteiger partial charge in [0.2, 0.25) is 0 Å². The summed E-state index contributed by atoms with van der Waals surface area (Å²) in [5.41, 5.74) is 1.34. The minimum absolute atomic E-state index is 0.906. The van der Waals surface area contributed by atoms with Crippen LogP contribution >= 0.6 is 11.3 Å². The highest BCUT2D eigenvalue weighted by atomic mass is 32.1. The Bertz CT molecular complexity index is 445. The molecule has 2 rings (SSSR count). The van der Waals surface area contributed by atoms with Gasteiger partial charge >= 0.3 is 0 Å². The molecular weight excluding hydrogens is 218 g/mol. The van der Waals surface area contributed by atoms with Crippen LogP contribution in [0.25, 0.3) is 0 Å². The molecular formula is C12H17N3S. The minimum Gasteiger partial charge on any atom is -0.354 e. The molecule has 2 aromatic rings. The maximum atomic E-state index is 4.23. The molecule has 0 aliphatic rings. The van der Waals surface area contributed by atoms with Gasteiger partial charge in [0.15, 0.2) is 0 Å². The van der Waals surface area contributed by atoms with Gasteiger partial charge in [0.05, 0.1) is 5.01 Å². The molecule has 0 atom stereocenters. The van der Waals surface area contributed by atoms with Crippen LogP contribution in [0.2, 0.25) is 0 Å². The second-order valence-electron chi connectivity index (χ2n) is 3.80.